The van der Waals surface area contributed by atoms with Gasteiger partial charge in [-0.1, -0.05) is 36.4 Å². The number of para-hydroxylation sites is 1. The van der Waals surface area contributed by atoms with Gasteiger partial charge in [-0.15, -0.1) is 11.8 Å². The number of benzene rings is 4. The van der Waals surface area contributed by atoms with E-state index in [-0.39, 0.29) is 22.9 Å². The standard InChI is InChI=1S/C32H27N3O6S/c1-41-28-10-6-5-9-23(28)19-27(35-30(37)21-7-3-2-4-8-21)31(38)34-25-15-17-26(18-16-25)42-20-29(36)33-24-13-11-22(12-14-24)32(39)40/h2-19H,20H2,1H3,(H,33,36)(H,34,38)(H,35,37)(H,39,40)/b27-19-. The number of hydrogen-bond donors (Lipinski definition) is 4. The van der Waals surface area contributed by atoms with Crippen LogP contribution in [0.5, 0.6) is 5.75 Å². The molecule has 0 unspecified atom stereocenters. The molecule has 10 heteroatoms. The summed E-state index contributed by atoms with van der Waals surface area (Å²) in [7, 11) is 1.52. The molecule has 3 amide bonds. The van der Waals surface area contributed by atoms with E-state index in [1.807, 2.05) is 0 Å². The highest BCUT2D eigenvalue weighted by Gasteiger charge is 2.16. The maximum absolute atomic E-state index is 13.3. The van der Waals surface area contributed by atoms with E-state index in [1.54, 1.807) is 84.9 Å². The lowest BCUT2D eigenvalue weighted by atomic mass is 10.1. The SMILES string of the molecule is COc1ccccc1/C=C(\NC(=O)c1ccccc1)C(=O)Nc1ccc(SCC(=O)Nc2ccc(C(=O)O)cc2)cc1. The smallest absolute Gasteiger partial charge is 0.335 e. The number of anilines is 2. The van der Waals surface area contributed by atoms with Crippen LogP contribution in [0.3, 0.4) is 0 Å². The molecule has 0 aliphatic carbocycles. The van der Waals surface area contributed by atoms with Gasteiger partial charge in [-0.25, -0.2) is 4.79 Å². The van der Waals surface area contributed by atoms with Gasteiger partial charge in [0.1, 0.15) is 11.4 Å². The second-order valence-electron chi connectivity index (χ2n) is 8.82. The molecule has 0 aromatic heterocycles. The van der Waals surface area contributed by atoms with E-state index >= 15 is 0 Å². The Kier molecular flexibility index (Phi) is 10.1. The predicted octanol–water partition coefficient (Wildman–Crippen LogP) is 5.53. The molecule has 212 valence electrons. The average Bonchev–Trinajstić information content (AvgIpc) is 3.01. The Bertz CT molecular complexity index is 1600. The minimum atomic E-state index is -1.04. The minimum absolute atomic E-state index is 0.0277. The fraction of sp³-hybridized carbons (Fsp3) is 0.0625. The number of carbonyl (C=O) groups excluding carboxylic acids is 3. The largest absolute Gasteiger partial charge is 0.496 e. The lowest BCUT2D eigenvalue weighted by Gasteiger charge is -2.13. The zero-order valence-electron chi connectivity index (χ0n) is 22.5. The topological polar surface area (TPSA) is 134 Å². The van der Waals surface area contributed by atoms with E-state index in [4.69, 9.17) is 9.84 Å². The molecule has 42 heavy (non-hydrogen) atoms. The van der Waals surface area contributed by atoms with Crippen LogP contribution in [0.4, 0.5) is 11.4 Å². The van der Waals surface area contributed by atoms with Crippen LogP contribution < -0.4 is 20.7 Å². The van der Waals surface area contributed by atoms with Crippen molar-refractivity contribution in [2.24, 2.45) is 0 Å². The lowest BCUT2D eigenvalue weighted by Crippen LogP contribution is -2.30. The first-order chi connectivity index (χ1) is 20.3. The molecule has 0 saturated heterocycles. The Morgan fingerprint density at radius 3 is 2.05 bits per heavy atom. The van der Waals surface area contributed by atoms with Gasteiger partial charge in [0.2, 0.25) is 5.91 Å². The highest BCUT2D eigenvalue weighted by atomic mass is 32.2. The van der Waals surface area contributed by atoms with Gasteiger partial charge in [-0.05, 0) is 72.8 Å². The van der Waals surface area contributed by atoms with Crippen molar-refractivity contribution in [3.05, 3.63) is 126 Å². The molecule has 0 bridgehead atoms. The van der Waals surface area contributed by atoms with Crippen LogP contribution in [0.1, 0.15) is 26.3 Å². The number of ether oxygens (including phenoxy) is 1. The Morgan fingerprint density at radius 2 is 1.38 bits per heavy atom. The number of rotatable bonds is 11. The molecular weight excluding hydrogens is 554 g/mol. The summed E-state index contributed by atoms with van der Waals surface area (Å²) in [5, 5.41) is 17.2. The number of carbonyl (C=O) groups is 4. The van der Waals surface area contributed by atoms with Gasteiger partial charge in [0, 0.05) is 27.4 Å². The minimum Gasteiger partial charge on any atom is -0.496 e. The van der Waals surface area contributed by atoms with E-state index in [2.05, 4.69) is 16.0 Å². The van der Waals surface area contributed by atoms with E-state index in [1.165, 1.54) is 43.1 Å². The molecule has 0 fully saturated rings. The summed E-state index contributed by atoms with van der Waals surface area (Å²) in [5.74, 6) is -1.58. The Morgan fingerprint density at radius 1 is 0.762 bits per heavy atom. The van der Waals surface area contributed by atoms with E-state index in [9.17, 15) is 19.2 Å². The molecule has 0 saturated carbocycles. The van der Waals surface area contributed by atoms with E-state index in [0.29, 0.717) is 28.3 Å². The molecule has 0 spiro atoms. The Labute approximate surface area is 246 Å². The molecule has 9 nitrogen and oxygen atoms in total. The van der Waals surface area contributed by atoms with Crippen molar-refractivity contribution >= 4 is 52.9 Å². The molecule has 4 aromatic rings. The molecule has 0 radical (unpaired) electrons. The molecule has 4 aromatic carbocycles. The fourth-order valence-corrected chi connectivity index (χ4v) is 4.46. The Balaban J connectivity index is 1.40. The highest BCUT2D eigenvalue weighted by Crippen LogP contribution is 2.23. The monoisotopic (exact) mass is 581 g/mol. The molecule has 0 heterocycles. The third kappa shape index (κ3) is 8.33. The van der Waals surface area contributed by atoms with Crippen molar-refractivity contribution in [1.29, 1.82) is 0 Å². The van der Waals surface area contributed by atoms with Crippen molar-refractivity contribution in [3.8, 4) is 5.75 Å². The van der Waals surface area contributed by atoms with Gasteiger partial charge in [-0.2, -0.15) is 0 Å². The van der Waals surface area contributed by atoms with Crippen molar-refractivity contribution in [1.82, 2.24) is 5.32 Å². The maximum atomic E-state index is 13.3. The molecule has 4 rings (SSSR count). The summed E-state index contributed by atoms with van der Waals surface area (Å²) < 4.78 is 5.39. The number of carboxylic acids is 1. The zero-order valence-corrected chi connectivity index (χ0v) is 23.3. The maximum Gasteiger partial charge on any atom is 0.335 e. The van der Waals surface area contributed by atoms with Crippen molar-refractivity contribution < 1.29 is 29.0 Å². The zero-order chi connectivity index (χ0) is 29.9. The quantitative estimate of drug-likeness (QED) is 0.135. The van der Waals surface area contributed by atoms with Crippen LogP contribution in [-0.4, -0.2) is 41.7 Å². The summed E-state index contributed by atoms with van der Waals surface area (Å²) in [6.07, 6.45) is 1.55. The van der Waals surface area contributed by atoms with Crippen LogP contribution in [0.25, 0.3) is 6.08 Å². The highest BCUT2D eigenvalue weighted by molar-refractivity contribution is 8.00. The first kappa shape index (κ1) is 29.6. The number of amides is 3. The van der Waals surface area contributed by atoms with Gasteiger partial charge < -0.3 is 25.8 Å². The number of aromatic carboxylic acids is 1. The molecule has 0 aliphatic heterocycles. The third-order valence-corrected chi connectivity index (χ3v) is 6.88. The summed E-state index contributed by atoms with van der Waals surface area (Å²) >= 11 is 1.30. The van der Waals surface area contributed by atoms with Crippen molar-refractivity contribution in [2.75, 3.05) is 23.5 Å². The number of thioether (sulfide) groups is 1. The van der Waals surface area contributed by atoms with Gasteiger partial charge in [0.05, 0.1) is 18.4 Å². The second-order valence-corrected chi connectivity index (χ2v) is 9.87. The van der Waals surface area contributed by atoms with Crippen LogP contribution >= 0.6 is 11.8 Å². The molecule has 0 atom stereocenters. The molecular formula is C32H27N3O6S. The summed E-state index contributed by atoms with van der Waals surface area (Å²) in [6, 6.07) is 28.5. The first-order valence-electron chi connectivity index (χ1n) is 12.7. The van der Waals surface area contributed by atoms with Crippen LogP contribution in [0.15, 0.2) is 114 Å². The molecule has 0 aliphatic rings. The normalized spacial score (nSPS) is 10.8. The van der Waals surface area contributed by atoms with Gasteiger partial charge in [-0.3, -0.25) is 14.4 Å². The number of nitrogens with one attached hydrogen (secondary N) is 3. The van der Waals surface area contributed by atoms with Crippen LogP contribution in [-0.2, 0) is 9.59 Å². The lowest BCUT2D eigenvalue weighted by molar-refractivity contribution is -0.114. The summed E-state index contributed by atoms with van der Waals surface area (Å²) in [6.45, 7) is 0. The number of carboxylic acid groups (broad SMARTS) is 1. The number of methoxy groups -OCH3 is 1. The fourth-order valence-electron chi connectivity index (χ4n) is 3.76. The van der Waals surface area contributed by atoms with E-state index < -0.39 is 17.8 Å². The van der Waals surface area contributed by atoms with Crippen molar-refractivity contribution in [2.45, 2.75) is 4.90 Å². The van der Waals surface area contributed by atoms with Gasteiger partial charge >= 0.3 is 5.97 Å². The molecule has 4 N–H and O–H groups in total. The van der Waals surface area contributed by atoms with E-state index in [0.717, 1.165) is 4.90 Å². The number of hydrogen-bond acceptors (Lipinski definition) is 6. The predicted molar refractivity (Wildman–Crippen MR) is 163 cm³/mol. The van der Waals surface area contributed by atoms with Gasteiger partial charge in [0.25, 0.3) is 11.8 Å². The first-order valence-corrected chi connectivity index (χ1v) is 13.7. The van der Waals surface area contributed by atoms with Crippen LogP contribution in [0, 0.1) is 0 Å². The summed E-state index contributed by atoms with van der Waals surface area (Å²) in [5.41, 5.74) is 2.17. The second kappa shape index (κ2) is 14.3. The Hall–Kier alpha value is -5.35. The average molecular weight is 582 g/mol. The van der Waals surface area contributed by atoms with Gasteiger partial charge in [0.15, 0.2) is 0 Å². The van der Waals surface area contributed by atoms with Crippen molar-refractivity contribution in [3.63, 3.8) is 0 Å². The van der Waals surface area contributed by atoms with Crippen LogP contribution in [0.2, 0.25) is 0 Å². The summed E-state index contributed by atoms with van der Waals surface area (Å²) in [4.78, 5) is 50.2. The third-order valence-electron chi connectivity index (χ3n) is 5.87.